The molecule has 4 aromatic rings. The van der Waals surface area contributed by atoms with E-state index in [0.717, 1.165) is 28.1 Å². The van der Waals surface area contributed by atoms with Crippen molar-refractivity contribution < 1.29 is 4.42 Å². The second kappa shape index (κ2) is 7.63. The van der Waals surface area contributed by atoms with Crippen molar-refractivity contribution in [1.29, 1.82) is 0 Å². The van der Waals surface area contributed by atoms with Crippen LogP contribution >= 0.6 is 0 Å². The molecule has 0 saturated heterocycles. The van der Waals surface area contributed by atoms with E-state index in [2.05, 4.69) is 26.7 Å². The molecular weight excluding hydrogens is 364 g/mol. The van der Waals surface area contributed by atoms with Crippen LogP contribution in [0.15, 0.2) is 66.0 Å². The van der Waals surface area contributed by atoms with Crippen molar-refractivity contribution in [2.45, 2.75) is 6.92 Å². The fourth-order valence-electron chi connectivity index (χ4n) is 2.81. The maximum Gasteiger partial charge on any atom is 0.268 e. The molecule has 0 bridgehead atoms. The number of rotatable bonds is 5. The highest BCUT2D eigenvalue weighted by atomic mass is 16.4. The highest BCUT2D eigenvalue weighted by Gasteiger charge is 2.16. The summed E-state index contributed by atoms with van der Waals surface area (Å²) in [6.07, 6.45) is 5.11. The van der Waals surface area contributed by atoms with Crippen molar-refractivity contribution in [3.63, 3.8) is 0 Å². The molecule has 1 aromatic carbocycles. The van der Waals surface area contributed by atoms with Crippen molar-refractivity contribution >= 4 is 5.70 Å². The first-order valence-electron chi connectivity index (χ1n) is 9.08. The largest absolute Gasteiger partial charge is 0.414 e. The van der Waals surface area contributed by atoms with Crippen molar-refractivity contribution in [3.05, 3.63) is 72.8 Å². The molecule has 7 heteroatoms. The maximum atomic E-state index is 5.82. The molecule has 0 amide bonds. The summed E-state index contributed by atoms with van der Waals surface area (Å²) in [4.78, 5) is 15.3. The molecular formula is C22H20N6O. The topological polar surface area (TPSA) is 80.8 Å². The van der Waals surface area contributed by atoms with Crippen LogP contribution in [0.1, 0.15) is 11.3 Å². The second-order valence-corrected chi connectivity index (χ2v) is 6.76. The molecule has 3 heterocycles. The van der Waals surface area contributed by atoms with E-state index in [9.17, 15) is 0 Å². The van der Waals surface area contributed by atoms with E-state index in [4.69, 9.17) is 9.40 Å². The zero-order valence-electron chi connectivity index (χ0n) is 16.5. The second-order valence-electron chi connectivity index (χ2n) is 6.76. The normalized spacial score (nSPS) is 10.7. The summed E-state index contributed by atoms with van der Waals surface area (Å²) < 4.78 is 5.82. The first-order chi connectivity index (χ1) is 14.0. The first-order valence-corrected chi connectivity index (χ1v) is 9.08. The molecule has 0 fully saturated rings. The molecule has 0 N–H and O–H groups in total. The Hall–Kier alpha value is -3.87. The zero-order chi connectivity index (χ0) is 20.4. The molecule has 0 aliphatic heterocycles. The Morgan fingerprint density at radius 2 is 1.72 bits per heavy atom. The van der Waals surface area contributed by atoms with Gasteiger partial charge in [0.2, 0.25) is 5.89 Å². The van der Waals surface area contributed by atoms with E-state index in [1.807, 2.05) is 62.3 Å². The van der Waals surface area contributed by atoms with Crippen LogP contribution in [-0.2, 0) is 0 Å². The minimum absolute atomic E-state index is 0.327. The summed E-state index contributed by atoms with van der Waals surface area (Å²) in [5.74, 6) is 0.722. The standard InChI is InChI=1S/C22H20N6O/c1-14-20(22-27-26-21(29-22)18-6-5-11-23-12-18)25-19(13-24-14)17-9-7-16(8-10-17)15(2)28(3)4/h5-13H,2H2,1,3-4H3. The van der Waals surface area contributed by atoms with Gasteiger partial charge >= 0.3 is 0 Å². The van der Waals surface area contributed by atoms with Crippen LogP contribution < -0.4 is 0 Å². The van der Waals surface area contributed by atoms with Crippen LogP contribution in [0.3, 0.4) is 0 Å². The van der Waals surface area contributed by atoms with E-state index in [0.29, 0.717) is 23.2 Å². The lowest BCUT2D eigenvalue weighted by Gasteiger charge is -2.16. The highest BCUT2D eigenvalue weighted by Crippen LogP contribution is 2.27. The molecule has 0 aliphatic rings. The lowest BCUT2D eigenvalue weighted by molar-refractivity contribution is 0.581. The minimum Gasteiger partial charge on any atom is -0.414 e. The van der Waals surface area contributed by atoms with Crippen LogP contribution in [-0.4, -0.2) is 44.1 Å². The summed E-state index contributed by atoms with van der Waals surface area (Å²) in [7, 11) is 3.94. The lowest BCUT2D eigenvalue weighted by Crippen LogP contribution is -2.08. The summed E-state index contributed by atoms with van der Waals surface area (Å²) in [5.41, 5.74) is 5.71. The van der Waals surface area contributed by atoms with Crippen molar-refractivity contribution in [2.24, 2.45) is 0 Å². The van der Waals surface area contributed by atoms with E-state index in [1.54, 1.807) is 18.6 Å². The minimum atomic E-state index is 0.327. The molecule has 0 atom stereocenters. The van der Waals surface area contributed by atoms with E-state index in [1.165, 1.54) is 0 Å². The number of aromatic nitrogens is 5. The molecule has 0 saturated carbocycles. The molecule has 144 valence electrons. The Morgan fingerprint density at radius 3 is 2.41 bits per heavy atom. The monoisotopic (exact) mass is 384 g/mol. The Balaban J connectivity index is 1.67. The van der Waals surface area contributed by atoms with E-state index >= 15 is 0 Å². The third-order valence-electron chi connectivity index (χ3n) is 4.55. The van der Waals surface area contributed by atoms with Crippen LogP contribution in [0.2, 0.25) is 0 Å². The predicted molar refractivity (Wildman–Crippen MR) is 111 cm³/mol. The molecule has 0 aliphatic carbocycles. The van der Waals surface area contributed by atoms with Gasteiger partial charge in [0, 0.05) is 37.7 Å². The number of nitrogens with zero attached hydrogens (tertiary/aromatic N) is 6. The van der Waals surface area contributed by atoms with E-state index in [-0.39, 0.29) is 0 Å². The predicted octanol–water partition coefficient (Wildman–Crippen LogP) is 4.10. The van der Waals surface area contributed by atoms with Gasteiger partial charge in [-0.2, -0.15) is 0 Å². The van der Waals surface area contributed by atoms with E-state index < -0.39 is 0 Å². The molecule has 29 heavy (non-hydrogen) atoms. The molecule has 4 rings (SSSR count). The van der Waals surface area contributed by atoms with Gasteiger partial charge in [0.25, 0.3) is 5.89 Å². The van der Waals surface area contributed by atoms with Crippen molar-refractivity contribution in [2.75, 3.05) is 14.1 Å². The lowest BCUT2D eigenvalue weighted by atomic mass is 10.1. The summed E-state index contributed by atoms with van der Waals surface area (Å²) in [5, 5.41) is 8.27. The Morgan fingerprint density at radius 1 is 0.966 bits per heavy atom. The zero-order valence-corrected chi connectivity index (χ0v) is 16.5. The average Bonchev–Trinajstić information content (AvgIpc) is 3.24. The van der Waals surface area contributed by atoms with Crippen LogP contribution in [0.4, 0.5) is 0 Å². The average molecular weight is 384 g/mol. The fraction of sp³-hybridized carbons (Fsp3) is 0.136. The number of aryl methyl sites for hydroxylation is 1. The van der Waals surface area contributed by atoms with Gasteiger partial charge in [-0.15, -0.1) is 10.2 Å². The van der Waals surface area contributed by atoms with Gasteiger partial charge in [0.1, 0.15) is 5.69 Å². The molecule has 0 radical (unpaired) electrons. The van der Waals surface area contributed by atoms with Crippen LogP contribution in [0.25, 0.3) is 40.0 Å². The third kappa shape index (κ3) is 3.75. The smallest absolute Gasteiger partial charge is 0.268 e. The van der Waals surface area contributed by atoms with Crippen molar-refractivity contribution in [1.82, 2.24) is 30.0 Å². The van der Waals surface area contributed by atoms with Crippen LogP contribution in [0, 0.1) is 6.92 Å². The third-order valence-corrected chi connectivity index (χ3v) is 4.55. The first kappa shape index (κ1) is 18.5. The van der Waals surface area contributed by atoms with Gasteiger partial charge in [-0.05, 0) is 24.6 Å². The van der Waals surface area contributed by atoms with Gasteiger partial charge in [-0.25, -0.2) is 4.98 Å². The van der Waals surface area contributed by atoms with Crippen molar-refractivity contribution in [3.8, 4) is 34.3 Å². The fourth-order valence-corrected chi connectivity index (χ4v) is 2.81. The summed E-state index contributed by atoms with van der Waals surface area (Å²) >= 11 is 0. The number of benzene rings is 1. The highest BCUT2D eigenvalue weighted by molar-refractivity contribution is 5.68. The Bertz CT molecular complexity index is 1150. The number of pyridine rings is 1. The SMILES string of the molecule is C=C(c1ccc(-c2cnc(C)c(-c3nnc(-c4cccnc4)o3)n2)cc1)N(C)C. The van der Waals surface area contributed by atoms with Gasteiger partial charge in [-0.3, -0.25) is 9.97 Å². The maximum absolute atomic E-state index is 5.82. The van der Waals surface area contributed by atoms with Gasteiger partial charge in [-0.1, -0.05) is 30.8 Å². The molecule has 3 aromatic heterocycles. The molecule has 0 spiro atoms. The van der Waals surface area contributed by atoms with Gasteiger partial charge in [0.05, 0.1) is 23.1 Å². The summed E-state index contributed by atoms with van der Waals surface area (Å²) in [6, 6.07) is 11.7. The quantitative estimate of drug-likeness (QED) is 0.512. The molecule has 0 unspecified atom stereocenters. The van der Waals surface area contributed by atoms with Gasteiger partial charge < -0.3 is 9.32 Å². The molecule has 7 nitrogen and oxygen atoms in total. The Labute approximate surface area is 168 Å². The van der Waals surface area contributed by atoms with Crippen LogP contribution in [0.5, 0.6) is 0 Å². The number of hydrogen-bond donors (Lipinski definition) is 0. The summed E-state index contributed by atoms with van der Waals surface area (Å²) in [6.45, 7) is 5.95. The Kier molecular flexibility index (Phi) is 4.87. The van der Waals surface area contributed by atoms with Gasteiger partial charge in [0.15, 0.2) is 0 Å². The number of hydrogen-bond acceptors (Lipinski definition) is 7.